The highest BCUT2D eigenvalue weighted by Crippen LogP contribution is 2.24. The first-order valence-corrected chi connectivity index (χ1v) is 7.51. The first-order chi connectivity index (χ1) is 10.2. The standard InChI is InChI=1S/C18H19ClO2/c1-14(15-8-4-2-5-9-15)18(19)21-13-12-17(20)16-10-6-3-7-11-16/h2-11,14,18H,12-13H2,1H3. The summed E-state index contributed by atoms with van der Waals surface area (Å²) in [5.74, 6) is 0.159. The zero-order valence-corrected chi connectivity index (χ0v) is 12.8. The summed E-state index contributed by atoms with van der Waals surface area (Å²) in [6, 6.07) is 19.2. The molecule has 0 N–H and O–H groups in total. The molecule has 0 aromatic heterocycles. The molecule has 0 radical (unpaired) electrons. The number of rotatable bonds is 7. The second kappa shape index (κ2) is 7.96. The number of halogens is 1. The van der Waals surface area contributed by atoms with Crippen molar-refractivity contribution in [2.24, 2.45) is 0 Å². The lowest BCUT2D eigenvalue weighted by molar-refractivity contribution is 0.0756. The molecule has 2 rings (SSSR count). The Morgan fingerprint density at radius 1 is 1.05 bits per heavy atom. The Morgan fingerprint density at radius 3 is 2.24 bits per heavy atom. The average molecular weight is 303 g/mol. The number of carbonyl (C=O) groups is 1. The Balaban J connectivity index is 1.79. The lowest BCUT2D eigenvalue weighted by Gasteiger charge is -2.18. The van der Waals surface area contributed by atoms with Crippen molar-refractivity contribution in [2.75, 3.05) is 6.61 Å². The van der Waals surface area contributed by atoms with Crippen molar-refractivity contribution in [3.63, 3.8) is 0 Å². The highest BCUT2D eigenvalue weighted by Gasteiger charge is 2.17. The third-order valence-electron chi connectivity index (χ3n) is 3.42. The van der Waals surface area contributed by atoms with Gasteiger partial charge >= 0.3 is 0 Å². The van der Waals surface area contributed by atoms with E-state index in [1.165, 1.54) is 0 Å². The van der Waals surface area contributed by atoms with Gasteiger partial charge in [-0.15, -0.1) is 0 Å². The maximum Gasteiger partial charge on any atom is 0.165 e. The smallest absolute Gasteiger partial charge is 0.165 e. The Hall–Kier alpha value is -1.64. The summed E-state index contributed by atoms with van der Waals surface area (Å²) in [6.45, 7) is 2.35. The highest BCUT2D eigenvalue weighted by molar-refractivity contribution is 6.20. The molecular formula is C18H19ClO2. The van der Waals surface area contributed by atoms with Crippen LogP contribution < -0.4 is 0 Å². The number of carbonyl (C=O) groups excluding carboxylic acids is 1. The second-order valence-electron chi connectivity index (χ2n) is 4.96. The van der Waals surface area contributed by atoms with Crippen molar-refractivity contribution < 1.29 is 9.53 Å². The van der Waals surface area contributed by atoms with Gasteiger partial charge in [-0.2, -0.15) is 0 Å². The van der Waals surface area contributed by atoms with Crippen molar-refractivity contribution >= 4 is 17.4 Å². The zero-order valence-electron chi connectivity index (χ0n) is 12.0. The second-order valence-corrected chi connectivity index (χ2v) is 5.39. The molecule has 2 atom stereocenters. The topological polar surface area (TPSA) is 26.3 Å². The van der Waals surface area contributed by atoms with Gasteiger partial charge < -0.3 is 4.74 Å². The molecule has 0 saturated heterocycles. The van der Waals surface area contributed by atoms with Crippen LogP contribution in [0.15, 0.2) is 60.7 Å². The van der Waals surface area contributed by atoms with Gasteiger partial charge in [0.15, 0.2) is 5.78 Å². The SMILES string of the molecule is CC(c1ccccc1)C(Cl)OCCC(=O)c1ccccc1. The van der Waals surface area contributed by atoms with Gasteiger partial charge in [0.2, 0.25) is 0 Å². The van der Waals surface area contributed by atoms with E-state index in [0.717, 1.165) is 5.56 Å². The van der Waals surface area contributed by atoms with Crippen molar-refractivity contribution in [2.45, 2.75) is 24.8 Å². The van der Waals surface area contributed by atoms with Crippen LogP contribution in [0.2, 0.25) is 0 Å². The summed E-state index contributed by atoms with van der Waals surface area (Å²) in [4.78, 5) is 11.9. The molecule has 0 amide bonds. The van der Waals surface area contributed by atoms with Crippen LogP contribution in [0, 0.1) is 0 Å². The monoisotopic (exact) mass is 302 g/mol. The molecule has 2 aromatic carbocycles. The van der Waals surface area contributed by atoms with Gasteiger partial charge in [-0.1, -0.05) is 79.2 Å². The average Bonchev–Trinajstić information content (AvgIpc) is 2.55. The van der Waals surface area contributed by atoms with Crippen LogP contribution in [0.1, 0.15) is 35.2 Å². The molecule has 0 bridgehead atoms. The normalized spacial score (nSPS) is 13.6. The van der Waals surface area contributed by atoms with Crippen LogP contribution in [-0.2, 0) is 4.74 Å². The van der Waals surface area contributed by atoms with Crippen LogP contribution in [0.25, 0.3) is 0 Å². The maximum atomic E-state index is 11.9. The van der Waals surface area contributed by atoms with Gasteiger partial charge in [-0.25, -0.2) is 0 Å². The largest absolute Gasteiger partial charge is 0.361 e. The molecule has 0 fully saturated rings. The fourth-order valence-corrected chi connectivity index (χ4v) is 2.32. The predicted octanol–water partition coefficient (Wildman–Crippen LogP) is 4.64. The van der Waals surface area contributed by atoms with E-state index < -0.39 is 5.56 Å². The van der Waals surface area contributed by atoms with Crippen molar-refractivity contribution in [1.29, 1.82) is 0 Å². The van der Waals surface area contributed by atoms with E-state index in [-0.39, 0.29) is 11.7 Å². The Kier molecular flexibility index (Phi) is 5.97. The Morgan fingerprint density at radius 2 is 1.62 bits per heavy atom. The summed E-state index contributed by atoms with van der Waals surface area (Å²) in [7, 11) is 0. The van der Waals surface area contributed by atoms with E-state index in [0.29, 0.717) is 18.6 Å². The number of ketones is 1. The number of hydrogen-bond acceptors (Lipinski definition) is 2. The van der Waals surface area contributed by atoms with Crippen LogP contribution in [-0.4, -0.2) is 18.0 Å². The molecule has 2 nitrogen and oxygen atoms in total. The molecule has 0 saturated carbocycles. The van der Waals surface area contributed by atoms with Gasteiger partial charge in [-0.05, 0) is 5.56 Å². The third-order valence-corrected chi connectivity index (χ3v) is 3.92. The summed E-state index contributed by atoms with van der Waals surface area (Å²) in [5.41, 5.74) is 1.41. The van der Waals surface area contributed by atoms with Crippen molar-refractivity contribution in [3.05, 3.63) is 71.8 Å². The lowest BCUT2D eigenvalue weighted by Crippen LogP contribution is -2.16. The zero-order chi connectivity index (χ0) is 15.1. The van der Waals surface area contributed by atoms with E-state index in [9.17, 15) is 4.79 Å². The first kappa shape index (κ1) is 15.7. The van der Waals surface area contributed by atoms with Gasteiger partial charge in [0, 0.05) is 17.9 Å². The number of ether oxygens (including phenoxy) is 1. The summed E-state index contributed by atoms with van der Waals surface area (Å²) in [6.07, 6.45) is 0.342. The number of alkyl halides is 1. The van der Waals surface area contributed by atoms with Gasteiger partial charge in [-0.3, -0.25) is 4.79 Å². The quantitative estimate of drug-likeness (QED) is 0.550. The molecule has 2 unspecified atom stereocenters. The van der Waals surface area contributed by atoms with E-state index >= 15 is 0 Å². The molecule has 2 aromatic rings. The molecular weight excluding hydrogens is 284 g/mol. The third kappa shape index (κ3) is 4.69. The Bertz CT molecular complexity index is 554. The highest BCUT2D eigenvalue weighted by atomic mass is 35.5. The van der Waals surface area contributed by atoms with E-state index in [4.69, 9.17) is 16.3 Å². The number of benzene rings is 2. The minimum Gasteiger partial charge on any atom is -0.361 e. The van der Waals surface area contributed by atoms with Gasteiger partial charge in [0.05, 0.1) is 6.61 Å². The van der Waals surface area contributed by atoms with Crippen LogP contribution in [0.4, 0.5) is 0 Å². The van der Waals surface area contributed by atoms with E-state index in [1.807, 2.05) is 67.6 Å². The molecule has 0 aliphatic heterocycles. The molecule has 3 heteroatoms. The molecule has 0 spiro atoms. The molecule has 0 aliphatic rings. The summed E-state index contributed by atoms with van der Waals surface area (Å²) in [5, 5.41) is 0. The lowest BCUT2D eigenvalue weighted by atomic mass is 10.0. The van der Waals surface area contributed by atoms with Crippen molar-refractivity contribution in [3.8, 4) is 0 Å². The van der Waals surface area contributed by atoms with Crippen LogP contribution in [0.3, 0.4) is 0 Å². The molecule has 110 valence electrons. The van der Waals surface area contributed by atoms with Gasteiger partial charge in [0.25, 0.3) is 0 Å². The van der Waals surface area contributed by atoms with Crippen molar-refractivity contribution in [1.82, 2.24) is 0 Å². The van der Waals surface area contributed by atoms with E-state index in [2.05, 4.69) is 0 Å². The molecule has 0 heterocycles. The van der Waals surface area contributed by atoms with E-state index in [1.54, 1.807) is 0 Å². The summed E-state index contributed by atoms with van der Waals surface area (Å²) >= 11 is 6.26. The fourth-order valence-electron chi connectivity index (χ4n) is 2.08. The first-order valence-electron chi connectivity index (χ1n) is 7.07. The minimum absolute atomic E-state index is 0.0758. The maximum absolute atomic E-state index is 11.9. The van der Waals surface area contributed by atoms with Crippen LogP contribution in [0.5, 0.6) is 0 Å². The predicted molar refractivity (Wildman–Crippen MR) is 85.8 cm³/mol. The molecule has 0 aliphatic carbocycles. The minimum atomic E-state index is -0.434. The summed E-state index contributed by atoms with van der Waals surface area (Å²) < 4.78 is 5.59. The number of hydrogen-bond donors (Lipinski definition) is 0. The molecule has 21 heavy (non-hydrogen) atoms. The number of Topliss-reactive ketones (excluding diaryl/α,β-unsaturated/α-hetero) is 1. The fraction of sp³-hybridized carbons (Fsp3) is 0.278. The van der Waals surface area contributed by atoms with Crippen LogP contribution >= 0.6 is 11.6 Å². The Labute approximate surface area is 130 Å². The van der Waals surface area contributed by atoms with Gasteiger partial charge in [0.1, 0.15) is 5.56 Å².